The Morgan fingerprint density at radius 3 is 2.27 bits per heavy atom. The van der Waals surface area contributed by atoms with E-state index in [2.05, 4.69) is 10.6 Å². The van der Waals surface area contributed by atoms with Crippen LogP contribution in [-0.4, -0.2) is 24.4 Å². The maximum Gasteiger partial charge on any atom is 0.306 e. The summed E-state index contributed by atoms with van der Waals surface area (Å²) >= 11 is 0. The van der Waals surface area contributed by atoms with E-state index in [9.17, 15) is 18.8 Å². The first-order chi connectivity index (χ1) is 12.5. The van der Waals surface area contributed by atoms with Crippen molar-refractivity contribution in [2.24, 2.45) is 0 Å². The van der Waals surface area contributed by atoms with Gasteiger partial charge in [-0.05, 0) is 29.8 Å². The molecule has 0 heterocycles. The maximum atomic E-state index is 12.8. The molecule has 7 heteroatoms. The zero-order valence-electron chi connectivity index (χ0n) is 14.0. The lowest BCUT2D eigenvalue weighted by atomic mass is 10.2. The summed E-state index contributed by atoms with van der Waals surface area (Å²) in [6, 6.07) is 14.6. The van der Waals surface area contributed by atoms with Gasteiger partial charge < -0.3 is 15.4 Å². The van der Waals surface area contributed by atoms with Crippen LogP contribution < -0.4 is 10.6 Å². The van der Waals surface area contributed by atoms with Crippen molar-refractivity contribution < 1.29 is 23.5 Å². The number of anilines is 1. The lowest BCUT2D eigenvalue weighted by Crippen LogP contribution is -2.25. The molecule has 2 aromatic rings. The third-order valence-electron chi connectivity index (χ3n) is 3.38. The molecule has 2 aromatic carbocycles. The van der Waals surface area contributed by atoms with Gasteiger partial charge in [-0.15, -0.1) is 0 Å². The molecule has 0 bridgehead atoms. The second-order valence-electron chi connectivity index (χ2n) is 5.48. The molecular formula is C19H19FN2O4. The number of carbonyl (C=O) groups excluding carboxylic acids is 3. The number of amides is 2. The molecule has 2 amide bonds. The number of carbonyl (C=O) groups is 3. The van der Waals surface area contributed by atoms with E-state index in [-0.39, 0.29) is 18.7 Å². The van der Waals surface area contributed by atoms with Crippen LogP contribution in [0.4, 0.5) is 10.1 Å². The van der Waals surface area contributed by atoms with Crippen molar-refractivity contribution in [2.45, 2.75) is 19.4 Å². The van der Waals surface area contributed by atoms with Crippen molar-refractivity contribution in [2.75, 3.05) is 11.9 Å². The molecular weight excluding hydrogens is 339 g/mol. The van der Waals surface area contributed by atoms with E-state index in [1.807, 2.05) is 30.3 Å². The Morgan fingerprint density at radius 1 is 0.885 bits per heavy atom. The van der Waals surface area contributed by atoms with Crippen LogP contribution in [0, 0.1) is 5.82 Å². The van der Waals surface area contributed by atoms with Gasteiger partial charge in [0.15, 0.2) is 6.61 Å². The molecule has 0 spiro atoms. The summed E-state index contributed by atoms with van der Waals surface area (Å²) in [6.45, 7) is -0.0867. The first-order valence-corrected chi connectivity index (χ1v) is 8.04. The zero-order valence-corrected chi connectivity index (χ0v) is 14.0. The average molecular weight is 358 g/mol. The number of esters is 1. The molecule has 0 aliphatic heterocycles. The van der Waals surface area contributed by atoms with Gasteiger partial charge in [-0.25, -0.2) is 4.39 Å². The van der Waals surface area contributed by atoms with Gasteiger partial charge >= 0.3 is 5.97 Å². The Kier molecular flexibility index (Phi) is 7.30. The molecule has 0 fully saturated rings. The van der Waals surface area contributed by atoms with Crippen molar-refractivity contribution in [3.8, 4) is 0 Å². The SMILES string of the molecule is O=C(CCC(=O)OCC(=O)Nc1ccc(F)cc1)NCc1ccccc1. The third kappa shape index (κ3) is 7.12. The van der Waals surface area contributed by atoms with Crippen molar-refractivity contribution in [3.63, 3.8) is 0 Å². The standard InChI is InChI=1S/C19H19FN2O4/c20-15-6-8-16(9-7-15)22-18(24)13-26-19(25)11-10-17(23)21-12-14-4-2-1-3-5-14/h1-9H,10-13H2,(H,21,23)(H,22,24). The van der Waals surface area contributed by atoms with Crippen molar-refractivity contribution in [1.29, 1.82) is 0 Å². The minimum absolute atomic E-state index is 0.0226. The lowest BCUT2D eigenvalue weighted by molar-refractivity contribution is -0.148. The summed E-state index contributed by atoms with van der Waals surface area (Å²) in [5.74, 6) is -1.88. The number of benzene rings is 2. The highest BCUT2D eigenvalue weighted by atomic mass is 19.1. The van der Waals surface area contributed by atoms with Crippen LogP contribution in [0.25, 0.3) is 0 Å². The van der Waals surface area contributed by atoms with Gasteiger partial charge in [0.2, 0.25) is 5.91 Å². The number of rotatable bonds is 8. The van der Waals surface area contributed by atoms with E-state index in [1.165, 1.54) is 24.3 Å². The fourth-order valence-corrected chi connectivity index (χ4v) is 2.05. The molecule has 26 heavy (non-hydrogen) atoms. The Labute approximate surface area is 150 Å². The van der Waals surface area contributed by atoms with E-state index in [0.717, 1.165) is 5.56 Å². The molecule has 0 unspecified atom stereocenters. The third-order valence-corrected chi connectivity index (χ3v) is 3.38. The number of halogens is 1. The molecule has 2 N–H and O–H groups in total. The molecule has 2 rings (SSSR count). The first-order valence-electron chi connectivity index (χ1n) is 8.04. The number of ether oxygens (including phenoxy) is 1. The molecule has 0 radical (unpaired) electrons. The van der Waals surface area contributed by atoms with Gasteiger partial charge in [0, 0.05) is 18.7 Å². The summed E-state index contributed by atoms with van der Waals surface area (Å²) in [5, 5.41) is 5.17. The molecule has 0 atom stereocenters. The largest absolute Gasteiger partial charge is 0.456 e. The normalized spacial score (nSPS) is 10.0. The average Bonchev–Trinajstić information content (AvgIpc) is 2.65. The minimum atomic E-state index is -0.644. The van der Waals surface area contributed by atoms with Crippen molar-refractivity contribution >= 4 is 23.5 Å². The topological polar surface area (TPSA) is 84.5 Å². The minimum Gasteiger partial charge on any atom is -0.456 e. The summed E-state index contributed by atoms with van der Waals surface area (Å²) in [4.78, 5) is 34.9. The fourth-order valence-electron chi connectivity index (χ4n) is 2.05. The van der Waals surface area contributed by atoms with Crippen LogP contribution in [0.2, 0.25) is 0 Å². The van der Waals surface area contributed by atoms with Gasteiger partial charge in [0.1, 0.15) is 5.82 Å². The Morgan fingerprint density at radius 2 is 1.58 bits per heavy atom. The smallest absolute Gasteiger partial charge is 0.306 e. The molecule has 0 aliphatic rings. The van der Waals surface area contributed by atoms with E-state index >= 15 is 0 Å². The van der Waals surface area contributed by atoms with Gasteiger partial charge in [-0.3, -0.25) is 14.4 Å². The van der Waals surface area contributed by atoms with Crippen LogP contribution >= 0.6 is 0 Å². The number of nitrogens with one attached hydrogen (secondary N) is 2. The predicted octanol–water partition coefficient (Wildman–Crippen LogP) is 2.40. The van der Waals surface area contributed by atoms with Crippen LogP contribution in [0.3, 0.4) is 0 Å². The van der Waals surface area contributed by atoms with E-state index in [0.29, 0.717) is 12.2 Å². The van der Waals surface area contributed by atoms with Gasteiger partial charge in [0.05, 0.1) is 6.42 Å². The summed E-state index contributed by atoms with van der Waals surface area (Å²) in [5.41, 5.74) is 1.36. The second kappa shape index (κ2) is 9.93. The maximum absolute atomic E-state index is 12.8. The second-order valence-corrected chi connectivity index (χ2v) is 5.48. The Balaban J connectivity index is 1.61. The summed E-state index contributed by atoms with van der Waals surface area (Å²) in [6.07, 6.45) is -0.143. The summed E-state index contributed by atoms with van der Waals surface area (Å²) in [7, 11) is 0. The quantitative estimate of drug-likeness (QED) is 0.710. The number of hydrogen-bond donors (Lipinski definition) is 2. The highest BCUT2D eigenvalue weighted by Gasteiger charge is 2.10. The van der Waals surface area contributed by atoms with Gasteiger partial charge in [0.25, 0.3) is 5.91 Å². The fraction of sp³-hybridized carbons (Fsp3) is 0.211. The van der Waals surface area contributed by atoms with Crippen LogP contribution in [-0.2, 0) is 25.7 Å². The zero-order chi connectivity index (χ0) is 18.8. The highest BCUT2D eigenvalue weighted by Crippen LogP contribution is 2.08. The molecule has 6 nitrogen and oxygen atoms in total. The monoisotopic (exact) mass is 358 g/mol. The van der Waals surface area contributed by atoms with Crippen molar-refractivity contribution in [3.05, 3.63) is 66.0 Å². The predicted molar refractivity (Wildman–Crippen MR) is 93.5 cm³/mol. The van der Waals surface area contributed by atoms with Gasteiger partial charge in [-0.2, -0.15) is 0 Å². The lowest BCUT2D eigenvalue weighted by Gasteiger charge is -2.07. The Hall–Kier alpha value is -3.22. The van der Waals surface area contributed by atoms with E-state index in [1.54, 1.807) is 0 Å². The molecule has 0 aromatic heterocycles. The Bertz CT molecular complexity index is 748. The first kappa shape index (κ1) is 19.1. The molecule has 0 saturated carbocycles. The van der Waals surface area contributed by atoms with E-state index < -0.39 is 24.3 Å². The van der Waals surface area contributed by atoms with Gasteiger partial charge in [-0.1, -0.05) is 30.3 Å². The summed E-state index contributed by atoms with van der Waals surface area (Å²) < 4.78 is 17.6. The van der Waals surface area contributed by atoms with Crippen molar-refractivity contribution in [1.82, 2.24) is 5.32 Å². The van der Waals surface area contributed by atoms with Crippen LogP contribution in [0.1, 0.15) is 18.4 Å². The van der Waals surface area contributed by atoms with Crippen LogP contribution in [0.5, 0.6) is 0 Å². The van der Waals surface area contributed by atoms with Crippen LogP contribution in [0.15, 0.2) is 54.6 Å². The highest BCUT2D eigenvalue weighted by molar-refractivity contribution is 5.93. The number of hydrogen-bond acceptors (Lipinski definition) is 4. The molecule has 0 saturated heterocycles. The molecule has 0 aliphatic carbocycles. The molecule has 136 valence electrons. The van der Waals surface area contributed by atoms with E-state index in [4.69, 9.17) is 4.74 Å².